The van der Waals surface area contributed by atoms with Gasteiger partial charge >= 0.3 is 6.09 Å². The van der Waals surface area contributed by atoms with Crippen molar-refractivity contribution in [3.05, 3.63) is 42.5 Å². The smallest absolute Gasteiger partial charge is 0.411 e. The van der Waals surface area contributed by atoms with Gasteiger partial charge < -0.3 is 19.8 Å². The lowest BCUT2D eigenvalue weighted by Crippen LogP contribution is -2.22. The lowest BCUT2D eigenvalue weighted by Gasteiger charge is -2.30. The number of carbonyl (C=O) groups is 1. The molecule has 0 aliphatic heterocycles. The standard InChI is InChI=1S/C26H31N3O3/c1-2-31-21-13-14-22-23(15-21)29(20-7-4-8-20)25(24(22)27)18-9-11-19(12-10-18)28-26(30)32-16-17-5-3-6-17/h9-15,17,20H,2-8,16,27H2,1H3,(H,28,30). The molecule has 3 aromatic rings. The summed E-state index contributed by atoms with van der Waals surface area (Å²) in [5, 5.41) is 3.88. The zero-order valence-corrected chi connectivity index (χ0v) is 18.6. The molecule has 2 fully saturated rings. The fourth-order valence-corrected chi connectivity index (χ4v) is 4.61. The summed E-state index contributed by atoms with van der Waals surface area (Å²) >= 11 is 0. The summed E-state index contributed by atoms with van der Waals surface area (Å²) in [5.74, 6) is 1.40. The minimum atomic E-state index is -0.392. The van der Waals surface area contributed by atoms with Gasteiger partial charge in [0.15, 0.2) is 0 Å². The quantitative estimate of drug-likeness (QED) is 0.454. The molecule has 0 saturated heterocycles. The second-order valence-electron chi connectivity index (χ2n) is 8.93. The van der Waals surface area contributed by atoms with Gasteiger partial charge in [-0.1, -0.05) is 18.6 Å². The van der Waals surface area contributed by atoms with Gasteiger partial charge in [-0.05, 0) is 69.2 Å². The Balaban J connectivity index is 1.42. The van der Waals surface area contributed by atoms with Crippen molar-refractivity contribution in [2.24, 2.45) is 5.92 Å². The third-order valence-corrected chi connectivity index (χ3v) is 6.85. The van der Waals surface area contributed by atoms with Crippen LogP contribution < -0.4 is 15.8 Å². The predicted molar refractivity (Wildman–Crippen MR) is 128 cm³/mol. The maximum absolute atomic E-state index is 12.1. The summed E-state index contributed by atoms with van der Waals surface area (Å²) in [6, 6.07) is 14.4. The maximum atomic E-state index is 12.1. The van der Waals surface area contributed by atoms with E-state index in [4.69, 9.17) is 15.2 Å². The van der Waals surface area contributed by atoms with Crippen LogP contribution in [0.3, 0.4) is 0 Å². The molecule has 2 aromatic carbocycles. The number of hydrogen-bond donors (Lipinski definition) is 2. The second-order valence-corrected chi connectivity index (χ2v) is 8.93. The summed E-state index contributed by atoms with van der Waals surface area (Å²) in [4.78, 5) is 12.1. The second kappa shape index (κ2) is 8.77. The van der Waals surface area contributed by atoms with Crippen molar-refractivity contribution in [3.8, 4) is 17.0 Å². The summed E-state index contributed by atoms with van der Waals surface area (Å²) in [7, 11) is 0. The van der Waals surface area contributed by atoms with E-state index >= 15 is 0 Å². The molecule has 1 amide bonds. The van der Waals surface area contributed by atoms with Crippen molar-refractivity contribution in [2.75, 3.05) is 24.3 Å². The average molecular weight is 434 g/mol. The molecule has 0 bridgehead atoms. The van der Waals surface area contributed by atoms with E-state index in [1.54, 1.807) is 0 Å². The lowest BCUT2D eigenvalue weighted by molar-refractivity contribution is 0.115. The highest BCUT2D eigenvalue weighted by Gasteiger charge is 2.27. The molecule has 0 spiro atoms. The summed E-state index contributed by atoms with van der Waals surface area (Å²) in [6.07, 6.45) is 6.71. The zero-order valence-electron chi connectivity index (χ0n) is 18.6. The number of nitrogen functional groups attached to an aromatic ring is 1. The number of fused-ring (bicyclic) bond motifs is 1. The number of carbonyl (C=O) groups excluding carboxylic acids is 1. The molecule has 32 heavy (non-hydrogen) atoms. The van der Waals surface area contributed by atoms with Gasteiger partial charge in [-0.3, -0.25) is 5.32 Å². The minimum absolute atomic E-state index is 0.392. The molecule has 3 N–H and O–H groups in total. The summed E-state index contributed by atoms with van der Waals surface area (Å²) < 4.78 is 13.5. The van der Waals surface area contributed by atoms with Crippen LogP contribution >= 0.6 is 0 Å². The number of nitrogens with one attached hydrogen (secondary N) is 1. The Morgan fingerprint density at radius 3 is 2.47 bits per heavy atom. The fraction of sp³-hybridized carbons (Fsp3) is 0.423. The van der Waals surface area contributed by atoms with Crippen LogP contribution in [0.1, 0.15) is 51.5 Å². The van der Waals surface area contributed by atoms with Crippen molar-refractivity contribution >= 4 is 28.4 Å². The maximum Gasteiger partial charge on any atom is 0.411 e. The first-order valence-electron chi connectivity index (χ1n) is 11.7. The fourth-order valence-electron chi connectivity index (χ4n) is 4.61. The number of rotatable bonds is 7. The Bertz CT molecular complexity index is 1110. The average Bonchev–Trinajstić information content (AvgIpc) is 2.98. The first-order chi connectivity index (χ1) is 15.6. The van der Waals surface area contributed by atoms with E-state index in [0.717, 1.165) is 65.0 Å². The van der Waals surface area contributed by atoms with Gasteiger partial charge in [-0.2, -0.15) is 0 Å². The van der Waals surface area contributed by atoms with Crippen LogP contribution in [0.2, 0.25) is 0 Å². The molecular weight excluding hydrogens is 402 g/mol. The number of nitrogens with zero attached hydrogens (tertiary/aromatic N) is 1. The molecule has 0 atom stereocenters. The Hall–Kier alpha value is -3.15. The highest BCUT2D eigenvalue weighted by Crippen LogP contribution is 2.44. The van der Waals surface area contributed by atoms with Gasteiger partial charge in [-0.25, -0.2) is 4.79 Å². The minimum Gasteiger partial charge on any atom is -0.494 e. The molecule has 2 aliphatic rings. The Kier molecular flexibility index (Phi) is 5.68. The lowest BCUT2D eigenvalue weighted by atomic mass is 9.86. The third kappa shape index (κ3) is 3.90. The molecule has 2 aliphatic carbocycles. The monoisotopic (exact) mass is 433 g/mol. The number of ether oxygens (including phenoxy) is 2. The third-order valence-electron chi connectivity index (χ3n) is 6.85. The first kappa shape index (κ1) is 20.7. The SMILES string of the molecule is CCOc1ccc2c(N)c(-c3ccc(NC(=O)OCC4CCC4)cc3)n(C3CCC3)c2c1. The first-order valence-corrected chi connectivity index (χ1v) is 11.7. The van der Waals surface area contributed by atoms with Crippen molar-refractivity contribution in [1.29, 1.82) is 0 Å². The Morgan fingerprint density at radius 1 is 1.09 bits per heavy atom. The summed E-state index contributed by atoms with van der Waals surface area (Å²) in [5.41, 5.74) is 11.4. The number of benzene rings is 2. The van der Waals surface area contributed by atoms with Crippen LogP contribution in [0.5, 0.6) is 5.75 Å². The molecule has 2 saturated carbocycles. The van der Waals surface area contributed by atoms with Crippen LogP contribution in [0, 0.1) is 5.92 Å². The van der Waals surface area contributed by atoms with E-state index in [1.165, 1.54) is 12.8 Å². The molecule has 0 radical (unpaired) electrons. The van der Waals surface area contributed by atoms with Crippen molar-refractivity contribution in [1.82, 2.24) is 4.57 Å². The van der Waals surface area contributed by atoms with Crippen LogP contribution in [0.25, 0.3) is 22.2 Å². The van der Waals surface area contributed by atoms with E-state index in [2.05, 4.69) is 22.0 Å². The zero-order chi connectivity index (χ0) is 22.1. The molecule has 0 unspecified atom stereocenters. The molecule has 1 aromatic heterocycles. The van der Waals surface area contributed by atoms with Crippen LogP contribution in [0.4, 0.5) is 16.2 Å². The molecule has 1 heterocycles. The van der Waals surface area contributed by atoms with Gasteiger partial charge in [0.25, 0.3) is 0 Å². The van der Waals surface area contributed by atoms with Crippen molar-refractivity contribution in [3.63, 3.8) is 0 Å². The van der Waals surface area contributed by atoms with Gasteiger partial charge in [0.05, 0.1) is 30.1 Å². The van der Waals surface area contributed by atoms with Crippen molar-refractivity contribution in [2.45, 2.75) is 51.5 Å². The molecule has 6 nitrogen and oxygen atoms in total. The Labute approximate surface area is 188 Å². The summed E-state index contributed by atoms with van der Waals surface area (Å²) in [6.45, 7) is 3.13. The van der Waals surface area contributed by atoms with E-state index in [1.807, 2.05) is 37.3 Å². The van der Waals surface area contributed by atoms with Crippen LogP contribution in [0.15, 0.2) is 42.5 Å². The topological polar surface area (TPSA) is 78.5 Å². The molecular formula is C26H31N3O3. The van der Waals surface area contributed by atoms with E-state index in [9.17, 15) is 4.79 Å². The molecule has 6 heteroatoms. The van der Waals surface area contributed by atoms with E-state index in [-0.39, 0.29) is 0 Å². The number of hydrogen-bond acceptors (Lipinski definition) is 4. The van der Waals surface area contributed by atoms with Gasteiger partial charge in [-0.15, -0.1) is 0 Å². The number of nitrogens with two attached hydrogens (primary N) is 1. The molecule has 5 rings (SSSR count). The Morgan fingerprint density at radius 2 is 1.84 bits per heavy atom. The largest absolute Gasteiger partial charge is 0.494 e. The van der Waals surface area contributed by atoms with E-state index in [0.29, 0.717) is 25.2 Å². The van der Waals surface area contributed by atoms with Gasteiger partial charge in [0.2, 0.25) is 0 Å². The van der Waals surface area contributed by atoms with Crippen LogP contribution in [-0.2, 0) is 4.74 Å². The molecule has 168 valence electrons. The number of aromatic nitrogens is 1. The normalized spacial score (nSPS) is 16.4. The highest BCUT2D eigenvalue weighted by atomic mass is 16.5. The van der Waals surface area contributed by atoms with Gasteiger partial charge in [0, 0.05) is 28.7 Å². The predicted octanol–water partition coefficient (Wildman–Crippen LogP) is 6.36. The number of amides is 1. The number of anilines is 2. The van der Waals surface area contributed by atoms with Crippen LogP contribution in [-0.4, -0.2) is 23.9 Å². The van der Waals surface area contributed by atoms with Gasteiger partial charge in [0.1, 0.15) is 5.75 Å². The highest BCUT2D eigenvalue weighted by molar-refractivity contribution is 6.01. The van der Waals surface area contributed by atoms with Crippen molar-refractivity contribution < 1.29 is 14.3 Å². The van der Waals surface area contributed by atoms with E-state index < -0.39 is 6.09 Å².